The van der Waals surface area contributed by atoms with Crippen molar-refractivity contribution in [3.05, 3.63) is 22.8 Å². The highest BCUT2D eigenvalue weighted by molar-refractivity contribution is 8.18. The number of carboxylic acid groups (broad SMARTS) is 1. The Balaban J connectivity index is 1.74. The van der Waals surface area contributed by atoms with Crippen molar-refractivity contribution in [2.75, 3.05) is 37.7 Å². The lowest BCUT2D eigenvalue weighted by Gasteiger charge is -2.26. The SMILES string of the molecule is O=C(O)CN1C(=O)S/C(=C\c2ccc(N3CCOCC3)o2)C1=O. The molecule has 23 heavy (non-hydrogen) atoms. The number of carbonyl (C=O) groups is 3. The third-order valence-electron chi connectivity index (χ3n) is 3.38. The molecule has 2 saturated heterocycles. The van der Waals surface area contributed by atoms with Crippen LogP contribution in [0.5, 0.6) is 0 Å². The number of carboxylic acids is 1. The number of anilines is 1. The molecule has 0 aliphatic carbocycles. The smallest absolute Gasteiger partial charge is 0.323 e. The summed E-state index contributed by atoms with van der Waals surface area (Å²) in [7, 11) is 0. The highest BCUT2D eigenvalue weighted by Crippen LogP contribution is 2.33. The second kappa shape index (κ2) is 6.47. The van der Waals surface area contributed by atoms with Crippen molar-refractivity contribution in [3.8, 4) is 0 Å². The van der Waals surface area contributed by atoms with Gasteiger partial charge in [-0.1, -0.05) is 0 Å². The molecule has 3 heterocycles. The van der Waals surface area contributed by atoms with E-state index in [-0.39, 0.29) is 4.91 Å². The molecular formula is C14H14N2O6S. The number of furan rings is 1. The lowest BCUT2D eigenvalue weighted by atomic mass is 10.3. The maximum Gasteiger partial charge on any atom is 0.323 e. The van der Waals surface area contributed by atoms with Gasteiger partial charge in [0.25, 0.3) is 11.1 Å². The zero-order valence-electron chi connectivity index (χ0n) is 12.1. The number of thioether (sulfide) groups is 1. The molecule has 0 saturated carbocycles. The van der Waals surface area contributed by atoms with Crippen molar-refractivity contribution in [2.45, 2.75) is 0 Å². The second-order valence-electron chi connectivity index (χ2n) is 4.94. The van der Waals surface area contributed by atoms with Gasteiger partial charge in [-0.25, -0.2) is 0 Å². The van der Waals surface area contributed by atoms with Crippen LogP contribution in [0, 0.1) is 0 Å². The summed E-state index contributed by atoms with van der Waals surface area (Å²) in [6, 6.07) is 3.49. The van der Waals surface area contributed by atoms with Gasteiger partial charge in [-0.3, -0.25) is 19.3 Å². The number of ether oxygens (including phenoxy) is 1. The van der Waals surface area contributed by atoms with Gasteiger partial charge in [0.05, 0.1) is 18.1 Å². The molecule has 2 amide bonds. The van der Waals surface area contributed by atoms with Gasteiger partial charge in [0.2, 0.25) is 0 Å². The van der Waals surface area contributed by atoms with Crippen LogP contribution in [0.15, 0.2) is 21.5 Å². The standard InChI is InChI=1S/C14H14N2O6S/c17-12(18)8-16-13(19)10(23-14(16)20)7-9-1-2-11(22-9)15-3-5-21-6-4-15/h1-2,7H,3-6,8H2,(H,17,18)/b10-7-. The van der Waals surface area contributed by atoms with E-state index in [1.54, 1.807) is 12.1 Å². The molecule has 0 aromatic carbocycles. The fourth-order valence-corrected chi connectivity index (χ4v) is 3.09. The van der Waals surface area contributed by atoms with E-state index in [1.165, 1.54) is 6.08 Å². The Morgan fingerprint density at radius 1 is 1.30 bits per heavy atom. The number of imide groups is 1. The van der Waals surface area contributed by atoms with Crippen LogP contribution in [0.25, 0.3) is 6.08 Å². The minimum atomic E-state index is -1.24. The average Bonchev–Trinajstić information content (AvgIpc) is 3.09. The number of rotatable bonds is 4. The van der Waals surface area contributed by atoms with Gasteiger partial charge in [0.1, 0.15) is 12.3 Å². The second-order valence-corrected chi connectivity index (χ2v) is 5.93. The molecule has 1 N–H and O–H groups in total. The van der Waals surface area contributed by atoms with Gasteiger partial charge >= 0.3 is 5.97 Å². The van der Waals surface area contributed by atoms with Crippen molar-refractivity contribution in [3.63, 3.8) is 0 Å². The normalized spacial score (nSPS) is 20.6. The van der Waals surface area contributed by atoms with Gasteiger partial charge in [-0.2, -0.15) is 0 Å². The Morgan fingerprint density at radius 2 is 2.04 bits per heavy atom. The molecule has 2 aliphatic heterocycles. The van der Waals surface area contributed by atoms with Gasteiger partial charge in [0.15, 0.2) is 5.88 Å². The van der Waals surface area contributed by atoms with E-state index in [0.29, 0.717) is 41.5 Å². The summed E-state index contributed by atoms with van der Waals surface area (Å²) in [5.74, 6) is -0.746. The maximum atomic E-state index is 12.0. The Hall–Kier alpha value is -2.26. The highest BCUT2D eigenvalue weighted by atomic mass is 32.2. The number of aliphatic carboxylic acids is 1. The van der Waals surface area contributed by atoms with Crippen LogP contribution >= 0.6 is 11.8 Å². The third-order valence-corrected chi connectivity index (χ3v) is 4.28. The molecule has 0 unspecified atom stereocenters. The number of morpholine rings is 1. The molecule has 2 fully saturated rings. The zero-order chi connectivity index (χ0) is 16.4. The Labute approximate surface area is 135 Å². The summed E-state index contributed by atoms with van der Waals surface area (Å²) in [5, 5.41) is 8.13. The summed E-state index contributed by atoms with van der Waals surface area (Å²) in [4.78, 5) is 37.3. The van der Waals surface area contributed by atoms with Crippen molar-refractivity contribution in [1.82, 2.24) is 4.90 Å². The molecule has 9 heteroatoms. The van der Waals surface area contributed by atoms with Crippen LogP contribution < -0.4 is 4.90 Å². The molecule has 1 aromatic rings. The van der Waals surface area contributed by atoms with Gasteiger partial charge in [0, 0.05) is 25.2 Å². The molecule has 122 valence electrons. The molecule has 0 spiro atoms. The highest BCUT2D eigenvalue weighted by Gasteiger charge is 2.36. The molecule has 8 nitrogen and oxygen atoms in total. The number of hydrogen-bond acceptors (Lipinski definition) is 7. The predicted octanol–water partition coefficient (Wildman–Crippen LogP) is 1.24. The van der Waals surface area contributed by atoms with E-state index in [9.17, 15) is 14.4 Å². The summed E-state index contributed by atoms with van der Waals surface area (Å²) in [6.45, 7) is 2.07. The molecule has 3 rings (SSSR count). The first kappa shape index (κ1) is 15.6. The minimum absolute atomic E-state index is 0.152. The quantitative estimate of drug-likeness (QED) is 0.819. The van der Waals surface area contributed by atoms with E-state index in [2.05, 4.69) is 0 Å². The van der Waals surface area contributed by atoms with Crippen LogP contribution in [0.3, 0.4) is 0 Å². The third kappa shape index (κ3) is 3.40. The van der Waals surface area contributed by atoms with Crippen LogP contribution in [-0.4, -0.2) is 60.0 Å². The van der Waals surface area contributed by atoms with Crippen molar-refractivity contribution in [1.29, 1.82) is 0 Å². The number of hydrogen-bond donors (Lipinski definition) is 1. The van der Waals surface area contributed by atoms with Gasteiger partial charge < -0.3 is 19.2 Å². The number of carbonyl (C=O) groups excluding carboxylic acids is 2. The lowest BCUT2D eigenvalue weighted by Crippen LogP contribution is -2.35. The topological polar surface area (TPSA) is 100 Å². The van der Waals surface area contributed by atoms with E-state index in [4.69, 9.17) is 14.3 Å². The summed E-state index contributed by atoms with van der Waals surface area (Å²) >= 11 is 0.705. The van der Waals surface area contributed by atoms with Crippen molar-refractivity contribution >= 4 is 40.8 Å². The van der Waals surface area contributed by atoms with Crippen molar-refractivity contribution in [2.24, 2.45) is 0 Å². The Kier molecular flexibility index (Phi) is 4.39. The summed E-state index contributed by atoms with van der Waals surface area (Å²) in [6.07, 6.45) is 1.46. The minimum Gasteiger partial charge on any atom is -0.480 e. The molecule has 0 bridgehead atoms. The van der Waals surface area contributed by atoms with Crippen LogP contribution in [0.4, 0.5) is 10.7 Å². The average molecular weight is 338 g/mol. The van der Waals surface area contributed by atoms with E-state index in [1.807, 2.05) is 4.90 Å². The molecule has 0 atom stereocenters. The van der Waals surface area contributed by atoms with E-state index >= 15 is 0 Å². The van der Waals surface area contributed by atoms with Gasteiger partial charge in [-0.15, -0.1) is 0 Å². The van der Waals surface area contributed by atoms with E-state index in [0.717, 1.165) is 13.1 Å². The number of amides is 2. The van der Waals surface area contributed by atoms with Crippen LogP contribution in [-0.2, 0) is 14.3 Å². The predicted molar refractivity (Wildman–Crippen MR) is 82.1 cm³/mol. The first-order chi connectivity index (χ1) is 11.0. The molecule has 0 radical (unpaired) electrons. The van der Waals surface area contributed by atoms with E-state index < -0.39 is 23.7 Å². The lowest BCUT2D eigenvalue weighted by molar-refractivity contribution is -0.140. The largest absolute Gasteiger partial charge is 0.480 e. The first-order valence-electron chi connectivity index (χ1n) is 6.94. The number of nitrogens with zero attached hydrogens (tertiary/aromatic N) is 2. The van der Waals surface area contributed by atoms with Crippen LogP contribution in [0.2, 0.25) is 0 Å². The first-order valence-corrected chi connectivity index (χ1v) is 7.76. The fourth-order valence-electron chi connectivity index (χ4n) is 2.27. The van der Waals surface area contributed by atoms with Crippen molar-refractivity contribution < 1.29 is 28.6 Å². The van der Waals surface area contributed by atoms with Crippen LogP contribution in [0.1, 0.15) is 5.76 Å². The van der Waals surface area contributed by atoms with Gasteiger partial charge in [-0.05, 0) is 17.8 Å². The fraction of sp³-hybridized carbons (Fsp3) is 0.357. The zero-order valence-corrected chi connectivity index (χ0v) is 12.9. The molecular weight excluding hydrogens is 324 g/mol. The Bertz CT molecular complexity index is 677. The molecule has 2 aliphatic rings. The maximum absolute atomic E-state index is 12.0. The summed E-state index contributed by atoms with van der Waals surface area (Å²) in [5.41, 5.74) is 0. The molecule has 1 aromatic heterocycles. The monoisotopic (exact) mass is 338 g/mol. The summed E-state index contributed by atoms with van der Waals surface area (Å²) < 4.78 is 10.9. The Morgan fingerprint density at radius 3 is 2.74 bits per heavy atom.